The molecular weight excluding hydrogens is 392 g/mol. The van der Waals surface area contributed by atoms with Gasteiger partial charge in [-0.2, -0.15) is 0 Å². The highest BCUT2D eigenvalue weighted by atomic mass is 16.6. The van der Waals surface area contributed by atoms with Crippen LogP contribution >= 0.6 is 0 Å². The Kier molecular flexibility index (Phi) is 5.19. The lowest BCUT2D eigenvalue weighted by Crippen LogP contribution is -2.63. The van der Waals surface area contributed by atoms with Crippen molar-refractivity contribution in [2.45, 2.75) is 130 Å². The number of hydrogen-bond donors (Lipinski definition) is 1. The molecule has 32 heavy (non-hydrogen) atoms. The number of rotatable bonds is 4. The second kappa shape index (κ2) is 7.09. The molecule has 0 unspecified atom stereocenters. The number of allylic oxidation sites excluding steroid dienone is 1. The molecular formula is C30H50O2. The van der Waals surface area contributed by atoms with E-state index in [-0.39, 0.29) is 17.1 Å². The Morgan fingerprint density at radius 3 is 2.16 bits per heavy atom. The summed E-state index contributed by atoms with van der Waals surface area (Å²) in [4.78, 5) is 0. The molecule has 5 fully saturated rings. The zero-order chi connectivity index (χ0) is 23.3. The van der Waals surface area contributed by atoms with Crippen LogP contribution in [0.5, 0.6) is 0 Å². The van der Waals surface area contributed by atoms with Gasteiger partial charge in [0.1, 0.15) is 0 Å². The smallest absolute Gasteiger partial charge is 0.0892 e. The summed E-state index contributed by atoms with van der Waals surface area (Å²) in [5.41, 5.74) is 2.92. The van der Waals surface area contributed by atoms with Crippen LogP contribution in [0, 0.1) is 45.3 Å². The van der Waals surface area contributed by atoms with Gasteiger partial charge < -0.3 is 9.84 Å². The van der Waals surface area contributed by atoms with Crippen molar-refractivity contribution in [3.8, 4) is 0 Å². The molecule has 2 nitrogen and oxygen atoms in total. The molecule has 2 heteroatoms. The van der Waals surface area contributed by atoms with E-state index in [4.69, 9.17) is 4.74 Å². The van der Waals surface area contributed by atoms with E-state index < -0.39 is 0 Å². The molecule has 4 saturated carbocycles. The van der Waals surface area contributed by atoms with E-state index in [1.807, 2.05) is 0 Å². The summed E-state index contributed by atoms with van der Waals surface area (Å²) >= 11 is 0. The fourth-order valence-electron chi connectivity index (χ4n) is 10.5. The van der Waals surface area contributed by atoms with Crippen molar-refractivity contribution in [1.29, 1.82) is 0 Å². The summed E-state index contributed by atoms with van der Waals surface area (Å²) in [5.74, 6) is 2.99. The molecule has 0 aromatic rings. The second-order valence-corrected chi connectivity index (χ2v) is 14.6. The average molecular weight is 443 g/mol. The molecule has 0 amide bonds. The van der Waals surface area contributed by atoms with Crippen LogP contribution in [0.2, 0.25) is 0 Å². The van der Waals surface area contributed by atoms with Gasteiger partial charge in [-0.25, -0.2) is 0 Å². The SMILES string of the molecule is C=C(CC[C@H]1OC1(C)C)[C@H]1CC[C@]2(C)[C@@H]1CC[C@@H]1[C@@]3(C)CC[C@@H](O)C(C)(C)[C@@H]3CC[C@]12C. The van der Waals surface area contributed by atoms with Crippen molar-refractivity contribution in [2.24, 2.45) is 45.3 Å². The summed E-state index contributed by atoms with van der Waals surface area (Å²) in [6.45, 7) is 21.8. The highest BCUT2D eigenvalue weighted by molar-refractivity contribution is 5.20. The molecule has 9 atom stereocenters. The van der Waals surface area contributed by atoms with Gasteiger partial charge in [0.05, 0.1) is 17.8 Å². The molecule has 1 N–H and O–H groups in total. The van der Waals surface area contributed by atoms with Crippen LogP contribution in [0.4, 0.5) is 0 Å². The Morgan fingerprint density at radius 1 is 0.844 bits per heavy atom. The molecule has 5 aliphatic rings. The molecule has 1 aliphatic heterocycles. The van der Waals surface area contributed by atoms with Gasteiger partial charge in [-0.1, -0.05) is 46.8 Å². The molecule has 182 valence electrons. The van der Waals surface area contributed by atoms with Gasteiger partial charge >= 0.3 is 0 Å². The first-order chi connectivity index (χ1) is 14.8. The number of fused-ring (bicyclic) bond motifs is 5. The minimum absolute atomic E-state index is 0.0528. The number of epoxide rings is 1. The largest absolute Gasteiger partial charge is 0.393 e. The van der Waals surface area contributed by atoms with Crippen LogP contribution in [0.3, 0.4) is 0 Å². The molecule has 4 aliphatic carbocycles. The zero-order valence-electron chi connectivity index (χ0n) is 22.1. The lowest BCUT2D eigenvalue weighted by atomic mass is 9.35. The third-order valence-corrected chi connectivity index (χ3v) is 12.8. The molecule has 0 bridgehead atoms. The first-order valence-electron chi connectivity index (χ1n) is 13.8. The van der Waals surface area contributed by atoms with Crippen LogP contribution in [0.25, 0.3) is 0 Å². The molecule has 1 saturated heterocycles. The fraction of sp³-hybridized carbons (Fsp3) is 0.933. The Bertz CT molecular complexity index is 782. The van der Waals surface area contributed by atoms with Crippen LogP contribution < -0.4 is 0 Å². The molecule has 1 heterocycles. The number of hydrogen-bond acceptors (Lipinski definition) is 2. The Morgan fingerprint density at radius 2 is 1.50 bits per heavy atom. The summed E-state index contributed by atoms with van der Waals surface area (Å²) in [6, 6.07) is 0. The van der Waals surface area contributed by atoms with E-state index in [1.165, 1.54) is 50.5 Å². The fourth-order valence-corrected chi connectivity index (χ4v) is 10.5. The average Bonchev–Trinajstić information content (AvgIpc) is 3.15. The minimum atomic E-state index is -0.128. The maximum absolute atomic E-state index is 10.9. The van der Waals surface area contributed by atoms with Gasteiger partial charge in [-0.15, -0.1) is 0 Å². The van der Waals surface area contributed by atoms with Crippen LogP contribution in [-0.4, -0.2) is 22.9 Å². The predicted molar refractivity (Wildman–Crippen MR) is 132 cm³/mol. The monoisotopic (exact) mass is 442 g/mol. The Labute approximate surface area is 198 Å². The van der Waals surface area contributed by atoms with E-state index in [2.05, 4.69) is 55.0 Å². The standard InChI is InChI=1S/C30H50O2/c1-19(9-12-25-27(4,5)32-25)20-13-17-29(7)21(20)10-11-23-28(6)16-15-24(31)26(2,3)22(28)14-18-30(23,29)8/h20-25,31H,1,9-18H2,2-8H3/t20-,21-,22+,23-,24-,25-,28+,29-,30-/m1/s1. The van der Waals surface area contributed by atoms with Crippen molar-refractivity contribution in [3.05, 3.63) is 12.2 Å². The normalized spacial score (nSPS) is 53.1. The van der Waals surface area contributed by atoms with Gasteiger partial charge in [0.25, 0.3) is 0 Å². The van der Waals surface area contributed by atoms with Crippen molar-refractivity contribution < 1.29 is 9.84 Å². The molecule has 0 aromatic carbocycles. The number of aliphatic hydroxyl groups excluding tert-OH is 1. The van der Waals surface area contributed by atoms with Crippen molar-refractivity contribution in [2.75, 3.05) is 0 Å². The highest BCUT2D eigenvalue weighted by Crippen LogP contribution is 2.75. The molecule has 0 aromatic heterocycles. The van der Waals surface area contributed by atoms with E-state index >= 15 is 0 Å². The van der Waals surface area contributed by atoms with Gasteiger partial charge in [-0.05, 0) is 123 Å². The second-order valence-electron chi connectivity index (χ2n) is 14.6. The summed E-state index contributed by atoms with van der Waals surface area (Å²) in [5, 5.41) is 10.9. The van der Waals surface area contributed by atoms with E-state index in [0.717, 1.165) is 37.0 Å². The van der Waals surface area contributed by atoms with Gasteiger partial charge in [0.2, 0.25) is 0 Å². The van der Waals surface area contributed by atoms with Crippen LogP contribution in [0.15, 0.2) is 12.2 Å². The van der Waals surface area contributed by atoms with E-state index in [1.54, 1.807) is 0 Å². The highest BCUT2D eigenvalue weighted by Gasteiger charge is 2.68. The van der Waals surface area contributed by atoms with Gasteiger partial charge in [-0.3, -0.25) is 0 Å². The Hall–Kier alpha value is -0.340. The lowest BCUT2D eigenvalue weighted by Gasteiger charge is -2.69. The van der Waals surface area contributed by atoms with Crippen molar-refractivity contribution in [3.63, 3.8) is 0 Å². The van der Waals surface area contributed by atoms with Crippen molar-refractivity contribution >= 4 is 0 Å². The molecule has 5 rings (SSSR count). The minimum Gasteiger partial charge on any atom is -0.393 e. The first-order valence-corrected chi connectivity index (χ1v) is 13.8. The number of aliphatic hydroxyl groups is 1. The zero-order valence-corrected chi connectivity index (χ0v) is 22.1. The summed E-state index contributed by atoms with van der Waals surface area (Å²) < 4.78 is 5.86. The topological polar surface area (TPSA) is 32.8 Å². The Balaban J connectivity index is 1.36. The third-order valence-electron chi connectivity index (χ3n) is 12.8. The maximum atomic E-state index is 10.9. The quantitative estimate of drug-likeness (QED) is 0.360. The number of ether oxygens (including phenoxy) is 1. The summed E-state index contributed by atoms with van der Waals surface area (Å²) in [6.07, 6.45) is 13.0. The van der Waals surface area contributed by atoms with Gasteiger partial charge in [0.15, 0.2) is 0 Å². The predicted octanol–water partition coefficient (Wildman–Crippen LogP) is 7.55. The maximum Gasteiger partial charge on any atom is 0.0892 e. The third kappa shape index (κ3) is 3.03. The van der Waals surface area contributed by atoms with Gasteiger partial charge in [0, 0.05) is 0 Å². The van der Waals surface area contributed by atoms with Crippen LogP contribution in [-0.2, 0) is 4.74 Å². The lowest BCUT2D eigenvalue weighted by molar-refractivity contribution is -0.220. The van der Waals surface area contributed by atoms with Crippen molar-refractivity contribution in [1.82, 2.24) is 0 Å². The van der Waals surface area contributed by atoms with Crippen LogP contribution in [0.1, 0.15) is 113 Å². The first kappa shape index (κ1) is 23.4. The molecule has 0 spiro atoms. The van der Waals surface area contributed by atoms with E-state index in [9.17, 15) is 5.11 Å². The molecule has 0 radical (unpaired) electrons. The summed E-state index contributed by atoms with van der Waals surface area (Å²) in [7, 11) is 0. The van der Waals surface area contributed by atoms with E-state index in [0.29, 0.717) is 28.3 Å².